The second-order valence-corrected chi connectivity index (χ2v) is 10.9. The number of ether oxygens (including phenoxy) is 1. The van der Waals surface area contributed by atoms with E-state index < -0.39 is 10.0 Å². The summed E-state index contributed by atoms with van der Waals surface area (Å²) in [5.41, 5.74) is 1.54. The average Bonchev–Trinajstić information content (AvgIpc) is 3.16. The molecule has 1 aliphatic heterocycles. The van der Waals surface area contributed by atoms with Crippen LogP contribution in [0, 0.1) is 5.92 Å². The summed E-state index contributed by atoms with van der Waals surface area (Å²) in [4.78, 5) is 17.5. The lowest BCUT2D eigenvalue weighted by Crippen LogP contribution is -2.40. The average molecular weight is 463 g/mol. The first-order chi connectivity index (χ1) is 15.4. The van der Waals surface area contributed by atoms with Crippen molar-refractivity contribution >= 4 is 27.0 Å². The first kappa shape index (κ1) is 23.2. The van der Waals surface area contributed by atoms with E-state index in [1.807, 2.05) is 13.0 Å². The van der Waals surface area contributed by atoms with Gasteiger partial charge in [0.25, 0.3) is 0 Å². The molecule has 1 aliphatic carbocycles. The molecule has 2 fully saturated rings. The quantitative estimate of drug-likeness (QED) is 0.683. The second-order valence-electron chi connectivity index (χ2n) is 8.96. The van der Waals surface area contributed by atoms with Gasteiger partial charge in [0.05, 0.1) is 29.1 Å². The summed E-state index contributed by atoms with van der Waals surface area (Å²) in [6.45, 7) is 6.57. The molecule has 2 aliphatic rings. The molecule has 176 valence electrons. The molecule has 1 aromatic carbocycles. The third-order valence-electron chi connectivity index (χ3n) is 6.68. The molecule has 2 heterocycles. The van der Waals surface area contributed by atoms with E-state index in [1.165, 1.54) is 17.1 Å². The van der Waals surface area contributed by atoms with Gasteiger partial charge in [-0.3, -0.25) is 4.79 Å². The van der Waals surface area contributed by atoms with E-state index in [-0.39, 0.29) is 16.8 Å². The maximum Gasteiger partial charge on any atom is 0.243 e. The number of morpholine rings is 1. The molecular formula is C23H34N4O4S. The number of imidazole rings is 1. The molecule has 8 nitrogen and oxygen atoms in total. The highest BCUT2D eigenvalue weighted by atomic mass is 32.2. The molecule has 0 spiro atoms. The van der Waals surface area contributed by atoms with Crippen LogP contribution in [-0.2, 0) is 32.5 Å². The highest BCUT2D eigenvalue weighted by Gasteiger charge is 2.27. The number of sulfonamides is 1. The van der Waals surface area contributed by atoms with Gasteiger partial charge in [0.1, 0.15) is 5.82 Å². The third-order valence-corrected chi connectivity index (χ3v) is 8.57. The van der Waals surface area contributed by atoms with Crippen LogP contribution in [0.3, 0.4) is 0 Å². The minimum atomic E-state index is -3.57. The molecule has 1 aromatic heterocycles. The predicted molar refractivity (Wildman–Crippen MR) is 123 cm³/mol. The van der Waals surface area contributed by atoms with E-state index in [0.717, 1.165) is 30.1 Å². The Balaban J connectivity index is 1.47. The van der Waals surface area contributed by atoms with E-state index in [0.29, 0.717) is 51.2 Å². The molecule has 9 heteroatoms. The zero-order valence-corrected chi connectivity index (χ0v) is 19.9. The molecule has 1 saturated carbocycles. The summed E-state index contributed by atoms with van der Waals surface area (Å²) in [6, 6.07) is 5.42. The Morgan fingerprint density at radius 1 is 1.19 bits per heavy atom. The maximum absolute atomic E-state index is 13.0. The first-order valence-corrected chi connectivity index (χ1v) is 13.2. The van der Waals surface area contributed by atoms with Crippen molar-refractivity contribution in [3.8, 4) is 0 Å². The minimum absolute atomic E-state index is 0.0647. The van der Waals surface area contributed by atoms with Gasteiger partial charge < -0.3 is 14.6 Å². The zero-order valence-electron chi connectivity index (χ0n) is 19.0. The van der Waals surface area contributed by atoms with Crippen LogP contribution in [0.2, 0.25) is 0 Å². The number of carbonyl (C=O) groups is 1. The van der Waals surface area contributed by atoms with Crippen LogP contribution in [0.1, 0.15) is 51.8 Å². The number of amides is 1. The van der Waals surface area contributed by atoms with Crippen LogP contribution in [0.25, 0.3) is 11.0 Å². The molecule has 0 radical (unpaired) electrons. The number of benzene rings is 1. The molecule has 1 N–H and O–H groups in total. The number of nitrogens with zero attached hydrogens (tertiary/aromatic N) is 3. The van der Waals surface area contributed by atoms with Crippen molar-refractivity contribution in [3.63, 3.8) is 0 Å². The number of rotatable bonds is 7. The Labute approximate surface area is 190 Å². The van der Waals surface area contributed by atoms with Crippen LogP contribution in [0.5, 0.6) is 0 Å². The molecule has 0 atom stereocenters. The van der Waals surface area contributed by atoms with Gasteiger partial charge >= 0.3 is 0 Å². The van der Waals surface area contributed by atoms with Gasteiger partial charge in [0.15, 0.2) is 0 Å². The fourth-order valence-electron chi connectivity index (χ4n) is 4.73. The lowest BCUT2D eigenvalue weighted by atomic mass is 9.87. The summed E-state index contributed by atoms with van der Waals surface area (Å²) in [5, 5.41) is 3.18. The Morgan fingerprint density at radius 2 is 1.91 bits per heavy atom. The van der Waals surface area contributed by atoms with Crippen molar-refractivity contribution < 1.29 is 17.9 Å². The van der Waals surface area contributed by atoms with E-state index in [2.05, 4.69) is 16.8 Å². The Kier molecular flexibility index (Phi) is 7.17. The summed E-state index contributed by atoms with van der Waals surface area (Å²) < 4.78 is 34.8. The van der Waals surface area contributed by atoms with Gasteiger partial charge in [-0.1, -0.05) is 6.92 Å². The number of fused-ring (bicyclic) bond motifs is 1. The van der Waals surface area contributed by atoms with E-state index in [1.54, 1.807) is 12.1 Å². The monoisotopic (exact) mass is 462 g/mol. The highest BCUT2D eigenvalue weighted by Crippen LogP contribution is 2.25. The van der Waals surface area contributed by atoms with Gasteiger partial charge in [-0.2, -0.15) is 4.31 Å². The van der Waals surface area contributed by atoms with Gasteiger partial charge in [-0.25, -0.2) is 13.4 Å². The van der Waals surface area contributed by atoms with Crippen molar-refractivity contribution in [1.29, 1.82) is 0 Å². The molecule has 0 bridgehead atoms. The van der Waals surface area contributed by atoms with Crippen molar-refractivity contribution in [2.75, 3.05) is 26.3 Å². The number of aromatic nitrogens is 2. The summed E-state index contributed by atoms with van der Waals surface area (Å²) in [5.74, 6) is 1.63. The van der Waals surface area contributed by atoms with E-state index in [9.17, 15) is 13.2 Å². The van der Waals surface area contributed by atoms with Crippen LogP contribution in [0.4, 0.5) is 0 Å². The Hall–Kier alpha value is -1.97. The number of hydrogen-bond donors (Lipinski definition) is 1. The molecule has 32 heavy (non-hydrogen) atoms. The standard InChI is InChI=1S/C23H34N4O4S/c1-3-27-21-9-8-19(32(29,30)26-12-14-31-15-13-26)16-20(21)25-22(27)10-11-23(28)24-18-6-4-17(2)5-7-18/h8-9,16-18H,3-7,10-15H2,1-2H3,(H,24,28). The van der Waals surface area contributed by atoms with Crippen molar-refractivity contribution in [3.05, 3.63) is 24.0 Å². The topological polar surface area (TPSA) is 93.5 Å². The maximum atomic E-state index is 13.0. The molecule has 0 unspecified atom stereocenters. The van der Waals surface area contributed by atoms with Gasteiger partial charge in [-0.05, 0) is 56.7 Å². The van der Waals surface area contributed by atoms with Crippen molar-refractivity contribution in [2.45, 2.75) is 69.9 Å². The molecule has 1 saturated heterocycles. The van der Waals surface area contributed by atoms with Gasteiger partial charge in [0, 0.05) is 38.5 Å². The lowest BCUT2D eigenvalue weighted by Gasteiger charge is -2.26. The summed E-state index contributed by atoms with van der Waals surface area (Å²) in [6.07, 6.45) is 5.37. The number of carbonyl (C=O) groups excluding carboxylic acids is 1. The van der Waals surface area contributed by atoms with E-state index >= 15 is 0 Å². The van der Waals surface area contributed by atoms with Crippen LogP contribution in [-0.4, -0.2) is 60.5 Å². The molecule has 1 amide bonds. The van der Waals surface area contributed by atoms with Gasteiger partial charge in [0.2, 0.25) is 15.9 Å². The molecular weight excluding hydrogens is 428 g/mol. The zero-order chi connectivity index (χ0) is 22.7. The summed E-state index contributed by atoms with van der Waals surface area (Å²) >= 11 is 0. The van der Waals surface area contributed by atoms with Crippen LogP contribution in [0.15, 0.2) is 23.1 Å². The summed E-state index contributed by atoms with van der Waals surface area (Å²) in [7, 11) is -3.57. The Bertz CT molecular complexity index is 1050. The van der Waals surface area contributed by atoms with Crippen LogP contribution < -0.4 is 5.32 Å². The predicted octanol–water partition coefficient (Wildman–Crippen LogP) is 2.70. The molecule has 4 rings (SSSR count). The largest absolute Gasteiger partial charge is 0.379 e. The lowest BCUT2D eigenvalue weighted by molar-refractivity contribution is -0.122. The number of hydrogen-bond acceptors (Lipinski definition) is 5. The second kappa shape index (κ2) is 9.89. The SMILES string of the molecule is CCn1c(CCC(=O)NC2CCC(C)CC2)nc2cc(S(=O)(=O)N3CCOCC3)ccc21. The normalized spacial score (nSPS) is 22.8. The first-order valence-electron chi connectivity index (χ1n) is 11.7. The Morgan fingerprint density at radius 3 is 2.59 bits per heavy atom. The highest BCUT2D eigenvalue weighted by molar-refractivity contribution is 7.89. The third kappa shape index (κ3) is 5.00. The van der Waals surface area contributed by atoms with Crippen molar-refractivity contribution in [1.82, 2.24) is 19.2 Å². The van der Waals surface area contributed by atoms with Gasteiger partial charge in [-0.15, -0.1) is 0 Å². The minimum Gasteiger partial charge on any atom is -0.379 e. The number of aryl methyl sites for hydroxylation is 2. The number of nitrogens with one attached hydrogen (secondary N) is 1. The van der Waals surface area contributed by atoms with Crippen molar-refractivity contribution in [2.24, 2.45) is 5.92 Å². The fourth-order valence-corrected chi connectivity index (χ4v) is 6.16. The van der Waals surface area contributed by atoms with Crippen LogP contribution >= 0.6 is 0 Å². The van der Waals surface area contributed by atoms with E-state index in [4.69, 9.17) is 9.72 Å². The smallest absolute Gasteiger partial charge is 0.243 e. The molecule has 2 aromatic rings. The fraction of sp³-hybridized carbons (Fsp3) is 0.652.